The zero-order valence-corrected chi connectivity index (χ0v) is 19.8. The first-order valence-corrected chi connectivity index (χ1v) is 11.7. The summed E-state index contributed by atoms with van der Waals surface area (Å²) >= 11 is 6.36. The lowest BCUT2D eigenvalue weighted by molar-refractivity contribution is 0.0732. The van der Waals surface area contributed by atoms with Crippen molar-refractivity contribution in [3.8, 4) is 28.5 Å². The smallest absolute Gasteiger partial charge is 0.273 e. The van der Waals surface area contributed by atoms with Crippen molar-refractivity contribution in [1.29, 1.82) is 0 Å². The van der Waals surface area contributed by atoms with Crippen LogP contribution in [0.15, 0.2) is 66.7 Å². The molecule has 0 saturated heterocycles. The second-order valence-corrected chi connectivity index (χ2v) is 8.85. The van der Waals surface area contributed by atoms with Gasteiger partial charge in [-0.1, -0.05) is 41.9 Å². The molecule has 8 heteroatoms. The monoisotopic (exact) mass is 489 g/mol. The molecule has 3 N–H and O–H groups in total. The molecular formula is C27H24ClN3O4. The maximum Gasteiger partial charge on any atom is 0.273 e. The largest absolute Gasteiger partial charge is 0.507 e. The van der Waals surface area contributed by atoms with Gasteiger partial charge < -0.3 is 19.8 Å². The number of aromatic amines is 1. The second-order valence-electron chi connectivity index (χ2n) is 8.45. The molecule has 0 radical (unpaired) electrons. The van der Waals surface area contributed by atoms with Crippen LogP contribution in [0.25, 0.3) is 11.3 Å². The van der Waals surface area contributed by atoms with Gasteiger partial charge in [-0.3, -0.25) is 9.89 Å². The Morgan fingerprint density at radius 1 is 1.09 bits per heavy atom. The van der Waals surface area contributed by atoms with Crippen molar-refractivity contribution in [3.63, 3.8) is 0 Å². The number of aromatic hydroxyl groups is 1. The van der Waals surface area contributed by atoms with E-state index >= 15 is 0 Å². The zero-order chi connectivity index (χ0) is 24.5. The third-order valence-corrected chi connectivity index (χ3v) is 6.51. The Hall–Kier alpha value is -3.81. The summed E-state index contributed by atoms with van der Waals surface area (Å²) in [7, 11) is 0. The highest BCUT2D eigenvalue weighted by Crippen LogP contribution is 2.46. The molecule has 3 aromatic carbocycles. The van der Waals surface area contributed by atoms with Crippen LogP contribution in [0.2, 0.25) is 5.02 Å². The fourth-order valence-corrected chi connectivity index (χ4v) is 4.61. The minimum absolute atomic E-state index is 0.0300. The van der Waals surface area contributed by atoms with Gasteiger partial charge in [-0.15, -0.1) is 0 Å². The number of ether oxygens (including phenoxy) is 1. The number of carbonyl (C=O) groups is 1. The molecule has 2 heterocycles. The number of hydrogen-bond donors (Lipinski definition) is 3. The van der Waals surface area contributed by atoms with Crippen LogP contribution in [0.4, 0.5) is 0 Å². The van der Waals surface area contributed by atoms with Gasteiger partial charge >= 0.3 is 0 Å². The fraction of sp³-hybridized carbons (Fsp3) is 0.185. The Bertz CT molecular complexity index is 1390. The SMILES string of the molecule is Cc1cc(O)c(-c2n[nH]c3c2C(c2cccc(Oc4ccccc4)c2)N(CCCO)C3=O)cc1Cl. The van der Waals surface area contributed by atoms with Crippen LogP contribution in [-0.4, -0.2) is 44.4 Å². The summed E-state index contributed by atoms with van der Waals surface area (Å²) in [5.41, 5.74) is 3.47. The van der Waals surface area contributed by atoms with E-state index in [0.29, 0.717) is 52.0 Å². The van der Waals surface area contributed by atoms with Crippen LogP contribution in [0.1, 0.15) is 39.6 Å². The number of halogens is 1. The molecule has 1 aliphatic rings. The van der Waals surface area contributed by atoms with Gasteiger partial charge in [0.2, 0.25) is 0 Å². The summed E-state index contributed by atoms with van der Waals surface area (Å²) in [6, 6.07) is 19.8. The lowest BCUT2D eigenvalue weighted by Gasteiger charge is -2.26. The second kappa shape index (κ2) is 9.44. The van der Waals surface area contributed by atoms with Crippen molar-refractivity contribution < 1.29 is 19.7 Å². The molecule has 1 aliphatic heterocycles. The number of aromatic nitrogens is 2. The molecule has 1 atom stereocenters. The standard InChI is InChI=1S/C27H24ClN3O4/c1-16-13-22(33)20(15-21(16)28)24-23-25(30-29-24)27(34)31(11-6-12-32)26(23)17-7-5-10-19(14-17)35-18-8-3-2-4-9-18/h2-5,7-10,13-15,26,32-33H,6,11-12H2,1H3,(H,29,30). The van der Waals surface area contributed by atoms with Crippen molar-refractivity contribution in [2.24, 2.45) is 0 Å². The van der Waals surface area contributed by atoms with Crippen LogP contribution >= 0.6 is 11.6 Å². The fourth-order valence-electron chi connectivity index (χ4n) is 4.45. The van der Waals surface area contributed by atoms with Crippen LogP contribution in [0, 0.1) is 6.92 Å². The average molecular weight is 490 g/mol. The van der Waals surface area contributed by atoms with Gasteiger partial charge in [-0.2, -0.15) is 5.10 Å². The summed E-state index contributed by atoms with van der Waals surface area (Å²) in [5.74, 6) is 1.14. The Morgan fingerprint density at radius 2 is 1.86 bits per heavy atom. The number of hydrogen-bond acceptors (Lipinski definition) is 5. The third-order valence-electron chi connectivity index (χ3n) is 6.11. The number of carbonyl (C=O) groups excluding carboxylic acids is 1. The minimum atomic E-state index is -0.489. The summed E-state index contributed by atoms with van der Waals surface area (Å²) in [6.07, 6.45) is 0.428. The average Bonchev–Trinajstić information content (AvgIpc) is 3.39. The Morgan fingerprint density at radius 3 is 2.63 bits per heavy atom. The van der Waals surface area contributed by atoms with E-state index in [1.807, 2.05) is 61.5 Å². The summed E-state index contributed by atoms with van der Waals surface area (Å²) in [4.78, 5) is 15.1. The summed E-state index contributed by atoms with van der Waals surface area (Å²) < 4.78 is 6.03. The Labute approximate surface area is 207 Å². The first-order chi connectivity index (χ1) is 17.0. The molecule has 0 aliphatic carbocycles. The van der Waals surface area contributed by atoms with Crippen LogP contribution in [-0.2, 0) is 0 Å². The number of aliphatic hydroxyl groups excluding tert-OH is 1. The highest BCUT2D eigenvalue weighted by Gasteiger charge is 2.42. The lowest BCUT2D eigenvalue weighted by atomic mass is 9.95. The molecule has 178 valence electrons. The van der Waals surface area contributed by atoms with Crippen LogP contribution in [0.5, 0.6) is 17.2 Å². The van der Waals surface area contributed by atoms with Crippen molar-refractivity contribution >= 4 is 17.5 Å². The van der Waals surface area contributed by atoms with Gasteiger partial charge in [0.05, 0.1) is 6.04 Å². The topological polar surface area (TPSA) is 98.7 Å². The van der Waals surface area contributed by atoms with Gasteiger partial charge in [-0.05, 0) is 60.9 Å². The number of phenolic OH excluding ortho intramolecular Hbond substituents is 1. The van der Waals surface area contributed by atoms with Gasteiger partial charge in [0.25, 0.3) is 5.91 Å². The van der Waals surface area contributed by atoms with Crippen molar-refractivity contribution in [1.82, 2.24) is 15.1 Å². The normalized spacial score (nSPS) is 14.9. The number of aryl methyl sites for hydroxylation is 1. The molecule has 0 spiro atoms. The number of fused-ring (bicyclic) bond motifs is 1. The van der Waals surface area contributed by atoms with E-state index in [0.717, 1.165) is 11.1 Å². The molecule has 1 unspecified atom stereocenters. The number of amides is 1. The lowest BCUT2D eigenvalue weighted by Crippen LogP contribution is -2.31. The minimum Gasteiger partial charge on any atom is -0.507 e. The van der Waals surface area contributed by atoms with E-state index in [9.17, 15) is 15.0 Å². The molecule has 1 aromatic heterocycles. The zero-order valence-electron chi connectivity index (χ0n) is 19.0. The Balaban J connectivity index is 1.62. The quantitative estimate of drug-likeness (QED) is 0.320. The number of nitrogens with zero attached hydrogens (tertiary/aromatic N) is 2. The maximum absolute atomic E-state index is 13.4. The first kappa shape index (κ1) is 23.0. The number of aliphatic hydroxyl groups is 1. The highest BCUT2D eigenvalue weighted by molar-refractivity contribution is 6.31. The number of rotatable bonds is 7. The van der Waals surface area contributed by atoms with Crippen LogP contribution in [0.3, 0.4) is 0 Å². The van der Waals surface area contributed by atoms with Gasteiger partial charge in [-0.25, -0.2) is 0 Å². The molecule has 7 nitrogen and oxygen atoms in total. The summed E-state index contributed by atoms with van der Waals surface area (Å²) in [6.45, 7) is 2.12. The molecule has 1 amide bonds. The molecule has 35 heavy (non-hydrogen) atoms. The molecule has 5 rings (SSSR count). The number of benzene rings is 3. The number of phenols is 1. The number of para-hydroxylation sites is 1. The van der Waals surface area contributed by atoms with Gasteiger partial charge in [0, 0.05) is 29.3 Å². The highest BCUT2D eigenvalue weighted by atomic mass is 35.5. The van der Waals surface area contributed by atoms with E-state index in [4.69, 9.17) is 16.3 Å². The molecule has 0 fully saturated rings. The van der Waals surface area contributed by atoms with Gasteiger partial charge in [0.1, 0.15) is 28.6 Å². The van der Waals surface area contributed by atoms with E-state index < -0.39 is 6.04 Å². The van der Waals surface area contributed by atoms with E-state index in [-0.39, 0.29) is 18.3 Å². The van der Waals surface area contributed by atoms with E-state index in [2.05, 4.69) is 10.2 Å². The predicted molar refractivity (Wildman–Crippen MR) is 133 cm³/mol. The Kier molecular flexibility index (Phi) is 6.19. The van der Waals surface area contributed by atoms with Crippen molar-refractivity contribution in [3.05, 3.63) is 94.1 Å². The third kappa shape index (κ3) is 4.24. The van der Waals surface area contributed by atoms with E-state index in [1.54, 1.807) is 17.0 Å². The molecule has 0 saturated carbocycles. The molecule has 4 aromatic rings. The van der Waals surface area contributed by atoms with Gasteiger partial charge in [0.15, 0.2) is 0 Å². The predicted octanol–water partition coefficient (Wildman–Crippen LogP) is 5.46. The number of H-pyrrole nitrogens is 1. The first-order valence-electron chi connectivity index (χ1n) is 11.3. The van der Waals surface area contributed by atoms with E-state index in [1.165, 1.54) is 0 Å². The van der Waals surface area contributed by atoms with Crippen molar-refractivity contribution in [2.75, 3.05) is 13.2 Å². The molecule has 0 bridgehead atoms. The maximum atomic E-state index is 13.4. The number of nitrogens with one attached hydrogen (secondary N) is 1. The summed E-state index contributed by atoms with van der Waals surface area (Å²) in [5, 5.41) is 27.9. The molecular weight excluding hydrogens is 466 g/mol. The van der Waals surface area contributed by atoms with Crippen LogP contribution < -0.4 is 4.74 Å². The van der Waals surface area contributed by atoms with Crippen molar-refractivity contribution in [2.45, 2.75) is 19.4 Å².